The highest BCUT2D eigenvalue weighted by atomic mass is 19.1. The van der Waals surface area contributed by atoms with E-state index in [0.29, 0.717) is 17.7 Å². The third-order valence-electron chi connectivity index (χ3n) is 5.24. The van der Waals surface area contributed by atoms with Gasteiger partial charge in [0.15, 0.2) is 0 Å². The summed E-state index contributed by atoms with van der Waals surface area (Å²) in [4.78, 5) is 7.00. The molecule has 5 heteroatoms. The number of nitrogens with zero attached hydrogens (tertiary/aromatic N) is 2. The van der Waals surface area contributed by atoms with E-state index in [2.05, 4.69) is 16.9 Å². The first-order valence-corrected chi connectivity index (χ1v) is 8.74. The zero-order valence-electron chi connectivity index (χ0n) is 14.9. The van der Waals surface area contributed by atoms with Gasteiger partial charge in [0.25, 0.3) is 0 Å². The normalized spacial score (nSPS) is 25.7. The fraction of sp³-hybridized carbons (Fsp3) is 0.450. The first-order valence-electron chi connectivity index (χ1n) is 8.74. The quantitative estimate of drug-likeness (QED) is 0.929. The van der Waals surface area contributed by atoms with Gasteiger partial charge in [-0.2, -0.15) is 0 Å². The Balaban J connectivity index is 1.64. The Morgan fingerprint density at radius 3 is 2.40 bits per heavy atom. The van der Waals surface area contributed by atoms with Crippen molar-refractivity contribution in [3.63, 3.8) is 0 Å². The summed E-state index contributed by atoms with van der Waals surface area (Å²) in [6.07, 6.45) is 0.251. The van der Waals surface area contributed by atoms with Gasteiger partial charge in [-0.1, -0.05) is 0 Å². The SMILES string of the molecule is CN1C[C@@H]2[C@H](C1)[C@H]2Oc1cc(C(C)(C)N)cc(-c2ccc(F)cc2)n1. The molecule has 1 saturated carbocycles. The fourth-order valence-corrected chi connectivity index (χ4v) is 3.70. The number of rotatable bonds is 4. The van der Waals surface area contributed by atoms with Crippen LogP contribution in [-0.2, 0) is 5.54 Å². The monoisotopic (exact) mass is 341 g/mol. The first-order chi connectivity index (χ1) is 11.8. The molecule has 2 N–H and O–H groups in total. The molecular formula is C20H24FN3O. The molecule has 0 bridgehead atoms. The molecule has 1 aliphatic carbocycles. The predicted octanol–water partition coefficient (Wildman–Crippen LogP) is 3.02. The maximum absolute atomic E-state index is 13.2. The Morgan fingerprint density at radius 1 is 1.16 bits per heavy atom. The Morgan fingerprint density at radius 2 is 1.80 bits per heavy atom. The van der Waals surface area contributed by atoms with Crippen molar-refractivity contribution in [2.24, 2.45) is 17.6 Å². The number of ether oxygens (including phenoxy) is 1. The summed E-state index contributed by atoms with van der Waals surface area (Å²) in [7, 11) is 2.14. The van der Waals surface area contributed by atoms with Crippen molar-refractivity contribution in [1.82, 2.24) is 9.88 Å². The van der Waals surface area contributed by atoms with Gasteiger partial charge in [0.2, 0.25) is 5.88 Å². The smallest absolute Gasteiger partial charge is 0.214 e. The molecule has 25 heavy (non-hydrogen) atoms. The molecule has 4 nitrogen and oxygen atoms in total. The first kappa shape index (κ1) is 16.5. The van der Waals surface area contributed by atoms with Crippen molar-refractivity contribution < 1.29 is 9.13 Å². The molecule has 1 aromatic carbocycles. The van der Waals surface area contributed by atoms with Crippen LogP contribution in [0.2, 0.25) is 0 Å². The highest BCUT2D eigenvalue weighted by Gasteiger charge is 2.57. The lowest BCUT2D eigenvalue weighted by Crippen LogP contribution is -2.29. The Hall–Kier alpha value is -1.98. The Kier molecular flexibility index (Phi) is 3.81. The number of fused-ring (bicyclic) bond motifs is 1. The van der Waals surface area contributed by atoms with Crippen LogP contribution in [0.4, 0.5) is 4.39 Å². The molecule has 0 radical (unpaired) electrons. The summed E-state index contributed by atoms with van der Waals surface area (Å²) in [5.74, 6) is 1.56. The van der Waals surface area contributed by atoms with Crippen LogP contribution in [0, 0.1) is 17.7 Å². The lowest BCUT2D eigenvalue weighted by molar-refractivity contribution is 0.216. The lowest BCUT2D eigenvalue weighted by atomic mass is 9.95. The average molecular weight is 341 g/mol. The minimum Gasteiger partial charge on any atom is -0.474 e. The molecule has 2 fully saturated rings. The molecule has 0 spiro atoms. The molecule has 2 aromatic rings. The van der Waals surface area contributed by atoms with Crippen molar-refractivity contribution in [3.05, 3.63) is 47.8 Å². The zero-order valence-corrected chi connectivity index (χ0v) is 14.9. The van der Waals surface area contributed by atoms with Gasteiger partial charge in [-0.15, -0.1) is 0 Å². The van der Waals surface area contributed by atoms with E-state index in [-0.39, 0.29) is 11.9 Å². The lowest BCUT2D eigenvalue weighted by Gasteiger charge is -2.21. The summed E-state index contributed by atoms with van der Waals surface area (Å²) in [5.41, 5.74) is 8.37. The van der Waals surface area contributed by atoms with Crippen molar-refractivity contribution in [2.75, 3.05) is 20.1 Å². The van der Waals surface area contributed by atoms with Crippen molar-refractivity contribution in [2.45, 2.75) is 25.5 Å². The maximum Gasteiger partial charge on any atom is 0.214 e. The van der Waals surface area contributed by atoms with E-state index in [4.69, 9.17) is 10.5 Å². The molecule has 2 heterocycles. The molecule has 1 saturated heterocycles. The van der Waals surface area contributed by atoms with Crippen molar-refractivity contribution >= 4 is 0 Å². The van der Waals surface area contributed by atoms with Crippen LogP contribution in [0.1, 0.15) is 19.4 Å². The van der Waals surface area contributed by atoms with E-state index in [9.17, 15) is 4.39 Å². The van der Waals surface area contributed by atoms with Crippen molar-refractivity contribution in [1.29, 1.82) is 0 Å². The number of piperidine rings is 1. The van der Waals surface area contributed by atoms with Crippen molar-refractivity contribution in [3.8, 4) is 17.1 Å². The maximum atomic E-state index is 13.2. The van der Waals surface area contributed by atoms with Crippen LogP contribution in [0.5, 0.6) is 5.88 Å². The number of likely N-dealkylation sites (tertiary alicyclic amines) is 1. The van der Waals surface area contributed by atoms with Crippen LogP contribution < -0.4 is 10.5 Å². The molecule has 2 aliphatic rings. The second-order valence-electron chi connectivity index (χ2n) is 7.94. The molecule has 0 amide bonds. The van der Waals surface area contributed by atoms with E-state index in [0.717, 1.165) is 29.9 Å². The number of hydrogen-bond donors (Lipinski definition) is 1. The molecule has 1 aliphatic heterocycles. The van der Waals surface area contributed by atoms with Gasteiger partial charge >= 0.3 is 0 Å². The highest BCUT2D eigenvalue weighted by molar-refractivity contribution is 5.61. The van der Waals surface area contributed by atoms with E-state index in [1.807, 2.05) is 26.0 Å². The van der Waals surface area contributed by atoms with E-state index in [1.165, 1.54) is 12.1 Å². The van der Waals surface area contributed by atoms with E-state index >= 15 is 0 Å². The molecule has 3 atom stereocenters. The second-order valence-corrected chi connectivity index (χ2v) is 7.94. The fourth-order valence-electron chi connectivity index (χ4n) is 3.70. The molecule has 0 unspecified atom stereocenters. The topological polar surface area (TPSA) is 51.4 Å². The molecule has 132 valence electrons. The standard InChI is InChI=1S/C20H24FN3O/c1-20(2,22)13-8-17(12-4-6-14(21)7-5-12)23-18(9-13)25-19-15-10-24(3)11-16(15)19/h4-9,15-16,19H,10-11,22H2,1-3H3/t15-,16+,19+. The summed E-state index contributed by atoms with van der Waals surface area (Å²) < 4.78 is 19.4. The second kappa shape index (κ2) is 5.78. The summed E-state index contributed by atoms with van der Waals surface area (Å²) in [6, 6.07) is 10.2. The van der Waals surface area contributed by atoms with Crippen LogP contribution in [0.15, 0.2) is 36.4 Å². The van der Waals surface area contributed by atoms with Gasteiger partial charge in [0.05, 0.1) is 5.69 Å². The zero-order chi connectivity index (χ0) is 17.8. The number of benzene rings is 1. The number of halogens is 1. The van der Waals surface area contributed by atoms with Gasteiger partial charge in [0, 0.05) is 42.1 Å². The minimum atomic E-state index is -0.504. The third kappa shape index (κ3) is 3.26. The van der Waals surface area contributed by atoms with Crippen LogP contribution in [0.25, 0.3) is 11.3 Å². The van der Waals surface area contributed by atoms with E-state index < -0.39 is 5.54 Å². The average Bonchev–Trinajstić information content (AvgIpc) is 3.00. The Labute approximate surface area is 147 Å². The van der Waals surface area contributed by atoms with Gasteiger partial charge in [-0.3, -0.25) is 0 Å². The minimum absolute atomic E-state index is 0.251. The molecule has 4 rings (SSSR count). The van der Waals surface area contributed by atoms with Crippen LogP contribution in [0.3, 0.4) is 0 Å². The van der Waals surface area contributed by atoms with Gasteiger partial charge < -0.3 is 15.4 Å². The number of hydrogen-bond acceptors (Lipinski definition) is 4. The number of nitrogens with two attached hydrogens (primary N) is 1. The molecular weight excluding hydrogens is 317 g/mol. The largest absolute Gasteiger partial charge is 0.474 e. The number of aromatic nitrogens is 1. The predicted molar refractivity (Wildman–Crippen MR) is 95.7 cm³/mol. The summed E-state index contributed by atoms with van der Waals surface area (Å²) in [6.45, 7) is 6.09. The number of pyridine rings is 1. The van der Waals surface area contributed by atoms with E-state index in [1.54, 1.807) is 12.1 Å². The summed E-state index contributed by atoms with van der Waals surface area (Å²) >= 11 is 0. The third-order valence-corrected chi connectivity index (χ3v) is 5.24. The Bertz CT molecular complexity index is 773. The van der Waals surface area contributed by atoms with Gasteiger partial charge in [-0.05, 0) is 56.8 Å². The van der Waals surface area contributed by atoms with Gasteiger partial charge in [-0.25, -0.2) is 9.37 Å². The van der Waals surface area contributed by atoms with Gasteiger partial charge in [0.1, 0.15) is 11.9 Å². The van der Waals surface area contributed by atoms with Crippen LogP contribution in [-0.4, -0.2) is 36.1 Å². The molecule has 1 aromatic heterocycles. The van der Waals surface area contributed by atoms with Crippen LogP contribution >= 0.6 is 0 Å². The summed E-state index contributed by atoms with van der Waals surface area (Å²) in [5, 5.41) is 0. The highest BCUT2D eigenvalue weighted by Crippen LogP contribution is 2.47.